The average Bonchev–Trinajstić information content (AvgIpc) is 2.83. The predicted molar refractivity (Wildman–Crippen MR) is 68.0 cm³/mol. The predicted octanol–water partition coefficient (Wildman–Crippen LogP) is 1.40. The van der Waals surface area contributed by atoms with Crippen molar-refractivity contribution in [2.45, 2.75) is 25.3 Å². The normalized spacial score (nSPS) is 26.8. The first-order chi connectivity index (χ1) is 7.83. The number of anilines is 2. The van der Waals surface area contributed by atoms with Gasteiger partial charge in [-0.05, 0) is 37.3 Å². The molecule has 0 aromatic carbocycles. The van der Waals surface area contributed by atoms with E-state index < -0.39 is 0 Å². The van der Waals surface area contributed by atoms with Gasteiger partial charge in [0.25, 0.3) is 0 Å². The molecule has 3 rings (SSSR count). The molecule has 0 bridgehead atoms. The van der Waals surface area contributed by atoms with Gasteiger partial charge in [-0.2, -0.15) is 4.37 Å². The van der Waals surface area contributed by atoms with E-state index in [0.29, 0.717) is 5.82 Å². The first-order valence-electron chi connectivity index (χ1n) is 6.04. The minimum Gasteiger partial charge on any atom is -0.383 e. The van der Waals surface area contributed by atoms with Gasteiger partial charge in [0.15, 0.2) is 0 Å². The molecule has 0 radical (unpaired) electrons. The lowest BCUT2D eigenvalue weighted by Gasteiger charge is -2.25. The lowest BCUT2D eigenvalue weighted by Crippen LogP contribution is -2.36. The monoisotopic (exact) mass is 238 g/mol. The molecule has 0 saturated carbocycles. The smallest absolute Gasteiger partial charge is 0.139 e. The Morgan fingerprint density at radius 2 is 2.19 bits per heavy atom. The molecular weight excluding hydrogens is 220 g/mol. The first-order valence-corrected chi connectivity index (χ1v) is 6.81. The summed E-state index contributed by atoms with van der Waals surface area (Å²) < 4.78 is 4.17. The lowest BCUT2D eigenvalue weighted by atomic mass is 10.2. The van der Waals surface area contributed by atoms with E-state index in [1.807, 2.05) is 6.07 Å². The quantitative estimate of drug-likeness (QED) is 0.803. The Morgan fingerprint density at radius 1 is 1.31 bits per heavy atom. The van der Waals surface area contributed by atoms with Crippen LogP contribution in [0.4, 0.5) is 10.8 Å². The molecule has 16 heavy (non-hydrogen) atoms. The van der Waals surface area contributed by atoms with Crippen LogP contribution in [0.1, 0.15) is 19.3 Å². The maximum absolute atomic E-state index is 5.69. The molecule has 2 N–H and O–H groups in total. The number of aromatic nitrogens is 1. The molecule has 1 aromatic heterocycles. The number of hydrogen-bond acceptors (Lipinski definition) is 5. The topological polar surface area (TPSA) is 45.4 Å². The highest BCUT2D eigenvalue weighted by atomic mass is 32.1. The third kappa shape index (κ3) is 1.89. The number of hydrogen-bond donors (Lipinski definition) is 1. The third-order valence-corrected chi connectivity index (χ3v) is 4.50. The summed E-state index contributed by atoms with van der Waals surface area (Å²) in [5, 5.41) is 1.24. The number of rotatable bonds is 1. The number of nitrogens with zero attached hydrogens (tertiary/aromatic N) is 3. The second-order valence-electron chi connectivity index (χ2n) is 4.72. The van der Waals surface area contributed by atoms with Gasteiger partial charge in [-0.1, -0.05) is 0 Å². The SMILES string of the molecule is Nc1cc(N2CCCN3CCCC3C2)sn1. The molecular formula is C11H18N4S. The molecule has 88 valence electrons. The molecule has 2 aliphatic heterocycles. The maximum Gasteiger partial charge on any atom is 0.139 e. The second-order valence-corrected chi connectivity index (χ2v) is 5.51. The summed E-state index contributed by atoms with van der Waals surface area (Å²) in [5.74, 6) is 0.660. The van der Waals surface area contributed by atoms with Gasteiger partial charge in [0.2, 0.25) is 0 Å². The molecule has 2 saturated heterocycles. The van der Waals surface area contributed by atoms with Crippen LogP contribution in [0, 0.1) is 0 Å². The first kappa shape index (κ1) is 10.4. The zero-order valence-corrected chi connectivity index (χ0v) is 10.2. The number of fused-ring (bicyclic) bond motifs is 1. The highest BCUT2D eigenvalue weighted by Crippen LogP contribution is 2.28. The van der Waals surface area contributed by atoms with Crippen LogP contribution in [0.2, 0.25) is 0 Å². The molecule has 0 aliphatic carbocycles. The van der Waals surface area contributed by atoms with Crippen molar-refractivity contribution in [2.75, 3.05) is 36.8 Å². The summed E-state index contributed by atoms with van der Waals surface area (Å²) >= 11 is 1.53. The summed E-state index contributed by atoms with van der Waals surface area (Å²) in [6.07, 6.45) is 3.97. The van der Waals surface area contributed by atoms with E-state index >= 15 is 0 Å². The fourth-order valence-corrected chi connectivity index (χ4v) is 3.54. The molecule has 1 unspecified atom stereocenters. The van der Waals surface area contributed by atoms with Crippen LogP contribution in [0.15, 0.2) is 6.07 Å². The van der Waals surface area contributed by atoms with Gasteiger partial charge in [0.1, 0.15) is 10.8 Å². The molecule has 5 heteroatoms. The molecule has 1 aromatic rings. The Labute approximate surface area is 100 Å². The van der Waals surface area contributed by atoms with Crippen molar-refractivity contribution in [3.8, 4) is 0 Å². The van der Waals surface area contributed by atoms with E-state index in [0.717, 1.165) is 19.1 Å². The highest BCUT2D eigenvalue weighted by molar-refractivity contribution is 7.10. The fraction of sp³-hybridized carbons (Fsp3) is 0.727. The van der Waals surface area contributed by atoms with E-state index in [1.165, 1.54) is 48.9 Å². The summed E-state index contributed by atoms with van der Waals surface area (Å²) in [7, 11) is 0. The lowest BCUT2D eigenvalue weighted by molar-refractivity contribution is 0.273. The van der Waals surface area contributed by atoms with Gasteiger partial charge in [-0.25, -0.2) is 0 Å². The van der Waals surface area contributed by atoms with E-state index in [4.69, 9.17) is 5.73 Å². The van der Waals surface area contributed by atoms with Crippen molar-refractivity contribution < 1.29 is 0 Å². The van der Waals surface area contributed by atoms with Gasteiger partial charge in [-0.3, -0.25) is 4.90 Å². The Kier molecular flexibility index (Phi) is 2.73. The molecule has 2 fully saturated rings. The molecule has 2 aliphatic rings. The Bertz CT molecular complexity index is 365. The van der Waals surface area contributed by atoms with Crippen LogP contribution in [-0.2, 0) is 0 Å². The van der Waals surface area contributed by atoms with Crippen molar-refractivity contribution >= 4 is 22.4 Å². The summed E-state index contributed by atoms with van der Waals surface area (Å²) in [5.41, 5.74) is 5.69. The Balaban J connectivity index is 1.76. The average molecular weight is 238 g/mol. The van der Waals surface area contributed by atoms with E-state index in [2.05, 4.69) is 14.2 Å². The second kappa shape index (κ2) is 4.22. The minimum absolute atomic E-state index is 0.660. The van der Waals surface area contributed by atoms with E-state index in [-0.39, 0.29) is 0 Å². The molecule has 4 nitrogen and oxygen atoms in total. The van der Waals surface area contributed by atoms with Crippen molar-refractivity contribution in [2.24, 2.45) is 0 Å². The van der Waals surface area contributed by atoms with Crippen LogP contribution < -0.4 is 10.6 Å². The van der Waals surface area contributed by atoms with Gasteiger partial charge in [0.05, 0.1) is 0 Å². The summed E-state index contributed by atoms with van der Waals surface area (Å²) in [6, 6.07) is 2.76. The van der Waals surface area contributed by atoms with Crippen molar-refractivity contribution in [1.82, 2.24) is 9.27 Å². The molecule has 0 spiro atoms. The van der Waals surface area contributed by atoms with Gasteiger partial charge in [-0.15, -0.1) is 0 Å². The number of nitrogens with two attached hydrogens (primary N) is 1. The van der Waals surface area contributed by atoms with Crippen LogP contribution in [0.3, 0.4) is 0 Å². The van der Waals surface area contributed by atoms with E-state index in [9.17, 15) is 0 Å². The summed E-state index contributed by atoms with van der Waals surface area (Å²) in [4.78, 5) is 5.11. The highest BCUT2D eigenvalue weighted by Gasteiger charge is 2.29. The van der Waals surface area contributed by atoms with Crippen LogP contribution in [0.25, 0.3) is 0 Å². The van der Waals surface area contributed by atoms with Crippen molar-refractivity contribution in [3.05, 3.63) is 6.07 Å². The van der Waals surface area contributed by atoms with Gasteiger partial charge in [0, 0.05) is 31.7 Å². The van der Waals surface area contributed by atoms with Crippen LogP contribution in [0.5, 0.6) is 0 Å². The Morgan fingerprint density at radius 3 is 3.00 bits per heavy atom. The van der Waals surface area contributed by atoms with Crippen LogP contribution in [-0.4, -0.2) is 41.5 Å². The molecule has 0 amide bonds. The molecule has 3 heterocycles. The minimum atomic E-state index is 0.660. The van der Waals surface area contributed by atoms with Gasteiger partial charge < -0.3 is 10.6 Å². The molecule has 1 atom stereocenters. The fourth-order valence-electron chi connectivity index (χ4n) is 2.83. The standard InChI is InChI=1S/C11H18N4S/c12-10-7-11(16-13-10)15-6-2-5-14-4-1-3-9(14)8-15/h7,9H,1-6,8H2,(H2,12,13). The zero-order chi connectivity index (χ0) is 11.0. The Hall–Kier alpha value is -0.810. The van der Waals surface area contributed by atoms with Crippen molar-refractivity contribution in [1.29, 1.82) is 0 Å². The van der Waals surface area contributed by atoms with Gasteiger partial charge >= 0.3 is 0 Å². The summed E-state index contributed by atoms with van der Waals surface area (Å²) in [6.45, 7) is 4.86. The zero-order valence-electron chi connectivity index (χ0n) is 9.43. The van der Waals surface area contributed by atoms with E-state index in [1.54, 1.807) is 0 Å². The maximum atomic E-state index is 5.69. The largest absolute Gasteiger partial charge is 0.383 e. The van der Waals surface area contributed by atoms with Crippen LogP contribution >= 0.6 is 11.5 Å². The number of nitrogen functional groups attached to an aromatic ring is 1. The van der Waals surface area contributed by atoms with Crippen molar-refractivity contribution in [3.63, 3.8) is 0 Å². The third-order valence-electron chi connectivity index (χ3n) is 3.63.